The number of hydrogen-bond donors (Lipinski definition) is 2. The first kappa shape index (κ1) is 31.2. The Morgan fingerprint density at radius 1 is 1.07 bits per heavy atom. The molecule has 0 aliphatic carbocycles. The number of pyridine rings is 3. The summed E-state index contributed by atoms with van der Waals surface area (Å²) in [5.74, 6) is 0.490. The zero-order valence-electron chi connectivity index (χ0n) is 26.6. The number of carbonyl (C=O) groups excluding carboxylic acids is 1. The number of nitrogens with one attached hydrogen (secondary N) is 2. The Hall–Kier alpha value is -3.83. The number of amides is 1. The lowest BCUT2D eigenvalue weighted by atomic mass is 9.90. The predicted molar refractivity (Wildman–Crippen MR) is 175 cm³/mol. The molecule has 3 aliphatic rings. The van der Waals surface area contributed by atoms with Gasteiger partial charge in [-0.1, -0.05) is 32.9 Å². The van der Waals surface area contributed by atoms with Crippen molar-refractivity contribution >= 4 is 33.1 Å². The zero-order chi connectivity index (χ0) is 32.0. The number of sulfonamides is 1. The number of aromatic nitrogens is 3. The molecule has 1 fully saturated rings. The first-order chi connectivity index (χ1) is 21.3. The Morgan fingerprint density at radius 2 is 1.89 bits per heavy atom. The average molecular weight is 631 g/mol. The summed E-state index contributed by atoms with van der Waals surface area (Å²) in [6.45, 7) is 12.5. The minimum absolute atomic E-state index is 0.217. The third kappa shape index (κ3) is 6.60. The van der Waals surface area contributed by atoms with Crippen LogP contribution in [0.1, 0.15) is 93.7 Å². The van der Waals surface area contributed by atoms with Crippen LogP contribution in [0.15, 0.2) is 59.8 Å². The molecule has 0 radical (unpaired) electrons. The minimum atomic E-state index is -4.29. The third-order valence-corrected chi connectivity index (χ3v) is 10.2. The van der Waals surface area contributed by atoms with E-state index in [9.17, 15) is 13.2 Å². The largest absolute Gasteiger partial charge is 0.377 e. The molecule has 11 heteroatoms. The summed E-state index contributed by atoms with van der Waals surface area (Å²) in [6, 6.07) is 12.2. The van der Waals surface area contributed by atoms with Gasteiger partial charge >= 0.3 is 0 Å². The van der Waals surface area contributed by atoms with Gasteiger partial charge in [0.15, 0.2) is 5.03 Å². The van der Waals surface area contributed by atoms with E-state index in [0.29, 0.717) is 37.3 Å². The molecular formula is C34H42N6O4S. The van der Waals surface area contributed by atoms with Crippen molar-refractivity contribution in [2.45, 2.75) is 82.3 Å². The normalized spacial score (nSPS) is 23.1. The van der Waals surface area contributed by atoms with Crippen LogP contribution in [0.5, 0.6) is 0 Å². The second kappa shape index (κ2) is 11.8. The zero-order valence-corrected chi connectivity index (χ0v) is 27.4. The summed E-state index contributed by atoms with van der Waals surface area (Å²) in [4.78, 5) is 30.1. The van der Waals surface area contributed by atoms with E-state index in [0.717, 1.165) is 42.6 Å². The fraction of sp³-hybridized carbons (Fsp3) is 0.471. The van der Waals surface area contributed by atoms with E-state index >= 15 is 0 Å². The van der Waals surface area contributed by atoms with E-state index < -0.39 is 15.9 Å². The minimum Gasteiger partial charge on any atom is -0.377 e. The van der Waals surface area contributed by atoms with Crippen LogP contribution in [0.4, 0.5) is 11.6 Å². The fourth-order valence-corrected chi connectivity index (χ4v) is 7.51. The highest BCUT2D eigenvalue weighted by atomic mass is 32.2. The van der Waals surface area contributed by atoms with E-state index in [4.69, 9.17) is 14.7 Å². The molecule has 2 N–H and O–H groups in total. The van der Waals surface area contributed by atoms with Crippen LogP contribution in [-0.2, 0) is 20.2 Å². The molecular weight excluding hydrogens is 588 g/mol. The molecule has 10 nitrogen and oxygen atoms in total. The van der Waals surface area contributed by atoms with Gasteiger partial charge in [0.1, 0.15) is 11.6 Å². The van der Waals surface area contributed by atoms with Gasteiger partial charge < -0.3 is 15.0 Å². The van der Waals surface area contributed by atoms with Crippen molar-refractivity contribution in [1.29, 1.82) is 0 Å². The van der Waals surface area contributed by atoms with E-state index in [1.54, 1.807) is 18.2 Å². The maximum absolute atomic E-state index is 13.7. The SMILES string of the molecule is CC(C)(C)c1ccc2c(n1)N1C[C@@H](CC[C@@H](c3cc(C4=CCOCC4)ccn3)Nc3cccc(n3)S(=O)(=O)NC2=O)CC1(C)C. The molecule has 0 spiro atoms. The summed E-state index contributed by atoms with van der Waals surface area (Å²) in [5, 5.41) is 3.24. The highest BCUT2D eigenvalue weighted by Gasteiger charge is 2.41. The Kier molecular flexibility index (Phi) is 8.19. The van der Waals surface area contributed by atoms with Gasteiger partial charge in [-0.3, -0.25) is 9.78 Å². The molecule has 0 saturated carbocycles. The molecule has 3 aliphatic heterocycles. The van der Waals surface area contributed by atoms with Gasteiger partial charge in [0.05, 0.1) is 30.5 Å². The first-order valence-corrected chi connectivity index (χ1v) is 17.1. The number of rotatable bonds is 2. The number of nitrogens with zero attached hydrogens (tertiary/aromatic N) is 4. The molecule has 45 heavy (non-hydrogen) atoms. The standard InChI is InChI=1S/C34H42N6O4S/c1-33(2,3)28-12-10-25-31(37-28)40-21-22(20-34(40,4)5)9-11-26(27-19-24(13-16-35-27)23-14-17-44-18-15-23)36-29-7-6-8-30(38-29)45(42,43)39-32(25)41/h6-8,10,12-14,16,19,22,26H,9,11,15,17-18,20-21H2,1-5H3,(H,36,38)(H,39,41)/t22-,26-/m0/s1. The molecule has 1 saturated heterocycles. The number of fused-ring (bicyclic) bond motifs is 6. The fourth-order valence-electron chi connectivity index (χ4n) is 6.58. The maximum Gasteiger partial charge on any atom is 0.281 e. The third-order valence-electron chi connectivity index (χ3n) is 8.99. The summed E-state index contributed by atoms with van der Waals surface area (Å²) in [7, 11) is -4.29. The lowest BCUT2D eigenvalue weighted by Gasteiger charge is -2.34. The Morgan fingerprint density at radius 3 is 2.64 bits per heavy atom. The molecule has 2 atom stereocenters. The van der Waals surface area contributed by atoms with Gasteiger partial charge in [-0.25, -0.2) is 14.7 Å². The Balaban J connectivity index is 1.43. The molecule has 3 aromatic rings. The highest BCUT2D eigenvalue weighted by Crippen LogP contribution is 2.41. The average Bonchev–Trinajstić information content (AvgIpc) is 3.32. The van der Waals surface area contributed by atoms with E-state index in [-0.39, 0.29) is 27.6 Å². The predicted octanol–water partition coefficient (Wildman–Crippen LogP) is 5.64. The first-order valence-electron chi connectivity index (χ1n) is 15.6. The van der Waals surface area contributed by atoms with Crippen LogP contribution in [0.2, 0.25) is 0 Å². The van der Waals surface area contributed by atoms with E-state index in [1.807, 2.05) is 18.3 Å². The molecule has 4 bridgehead atoms. The van der Waals surface area contributed by atoms with Gasteiger partial charge in [0.2, 0.25) is 0 Å². The van der Waals surface area contributed by atoms with Gasteiger partial charge in [-0.2, -0.15) is 8.42 Å². The number of ether oxygens (including phenoxy) is 1. The molecule has 0 aromatic carbocycles. The topological polar surface area (TPSA) is 126 Å². The lowest BCUT2D eigenvalue weighted by Crippen LogP contribution is -2.41. The van der Waals surface area contributed by atoms with Crippen molar-refractivity contribution in [2.24, 2.45) is 5.92 Å². The monoisotopic (exact) mass is 630 g/mol. The second-order valence-electron chi connectivity index (χ2n) is 13.9. The number of anilines is 2. The number of hydrogen-bond acceptors (Lipinski definition) is 9. The van der Waals surface area contributed by atoms with Crippen molar-refractivity contribution in [1.82, 2.24) is 19.7 Å². The van der Waals surface area contributed by atoms with Gasteiger partial charge in [0, 0.05) is 29.4 Å². The summed E-state index contributed by atoms with van der Waals surface area (Å²) < 4.78 is 34.8. The molecule has 238 valence electrons. The van der Waals surface area contributed by atoms with Crippen LogP contribution in [0, 0.1) is 5.92 Å². The Bertz CT molecular complexity index is 1750. The molecule has 1 amide bonds. The molecule has 6 rings (SSSR count). The lowest BCUT2D eigenvalue weighted by molar-refractivity contribution is 0.0981. The maximum atomic E-state index is 13.7. The van der Waals surface area contributed by atoms with Crippen LogP contribution < -0.4 is 14.9 Å². The molecule has 6 heterocycles. The molecule has 0 unspecified atom stereocenters. The van der Waals surface area contributed by atoms with Crippen LogP contribution in [0.25, 0.3) is 5.57 Å². The van der Waals surface area contributed by atoms with Crippen molar-refractivity contribution in [3.63, 3.8) is 0 Å². The quantitative estimate of drug-likeness (QED) is 0.370. The summed E-state index contributed by atoms with van der Waals surface area (Å²) >= 11 is 0. The van der Waals surface area contributed by atoms with E-state index in [1.165, 1.54) is 11.6 Å². The smallest absolute Gasteiger partial charge is 0.281 e. The molecule has 3 aromatic heterocycles. The van der Waals surface area contributed by atoms with Crippen molar-refractivity contribution in [3.05, 3.63) is 77.3 Å². The number of carbonyl (C=O) groups is 1. The van der Waals surface area contributed by atoms with Gasteiger partial charge in [-0.05, 0) is 93.0 Å². The highest BCUT2D eigenvalue weighted by molar-refractivity contribution is 7.90. The second-order valence-corrected chi connectivity index (χ2v) is 15.5. The van der Waals surface area contributed by atoms with E-state index in [2.05, 4.69) is 66.7 Å². The van der Waals surface area contributed by atoms with Crippen LogP contribution >= 0.6 is 0 Å². The van der Waals surface area contributed by atoms with Crippen LogP contribution in [-0.4, -0.2) is 54.6 Å². The van der Waals surface area contributed by atoms with Crippen molar-refractivity contribution in [3.8, 4) is 0 Å². The van der Waals surface area contributed by atoms with Crippen molar-refractivity contribution < 1.29 is 17.9 Å². The summed E-state index contributed by atoms with van der Waals surface area (Å²) in [6.07, 6.45) is 7.33. The van der Waals surface area contributed by atoms with Gasteiger partial charge in [-0.15, -0.1) is 0 Å². The van der Waals surface area contributed by atoms with Gasteiger partial charge in [0.25, 0.3) is 15.9 Å². The Labute approximate surface area is 265 Å². The van der Waals surface area contributed by atoms with Crippen LogP contribution in [0.3, 0.4) is 0 Å². The summed E-state index contributed by atoms with van der Waals surface area (Å²) in [5.41, 5.74) is 3.70. The van der Waals surface area contributed by atoms with Crippen molar-refractivity contribution in [2.75, 3.05) is 30.0 Å².